The van der Waals surface area contributed by atoms with Crippen molar-refractivity contribution in [1.82, 2.24) is 10.2 Å². The fourth-order valence-electron chi connectivity index (χ4n) is 2.40. The predicted molar refractivity (Wildman–Crippen MR) is 92.9 cm³/mol. The lowest BCUT2D eigenvalue weighted by molar-refractivity contribution is 0.102. The highest BCUT2D eigenvalue weighted by molar-refractivity contribution is 6.30. The van der Waals surface area contributed by atoms with Crippen molar-refractivity contribution in [3.8, 4) is 11.3 Å². The molecule has 0 fully saturated rings. The van der Waals surface area contributed by atoms with E-state index in [2.05, 4.69) is 15.5 Å². The predicted octanol–water partition coefficient (Wildman–Crippen LogP) is 4.60. The Balaban J connectivity index is 1.83. The van der Waals surface area contributed by atoms with E-state index in [-0.39, 0.29) is 5.91 Å². The van der Waals surface area contributed by atoms with Gasteiger partial charge < -0.3 is 5.32 Å². The smallest absolute Gasteiger partial charge is 0.273 e. The minimum atomic E-state index is -0.213. The van der Waals surface area contributed by atoms with Gasteiger partial charge in [0.05, 0.1) is 5.69 Å². The number of carbonyl (C=O) groups is 1. The fraction of sp³-hybridized carbons (Fsp3) is 0.111. The molecule has 0 radical (unpaired) electrons. The van der Waals surface area contributed by atoms with Crippen LogP contribution in [0.3, 0.4) is 0 Å². The quantitative estimate of drug-likeness (QED) is 0.739. The summed E-state index contributed by atoms with van der Waals surface area (Å²) >= 11 is 5.88. The van der Waals surface area contributed by atoms with Gasteiger partial charge in [-0.1, -0.05) is 41.9 Å². The van der Waals surface area contributed by atoms with E-state index in [1.165, 1.54) is 0 Å². The first-order valence-corrected chi connectivity index (χ1v) is 7.61. The van der Waals surface area contributed by atoms with Crippen LogP contribution in [0.4, 0.5) is 5.69 Å². The van der Waals surface area contributed by atoms with E-state index in [1.54, 1.807) is 18.2 Å². The fourth-order valence-corrected chi connectivity index (χ4v) is 2.53. The second-order valence-electron chi connectivity index (χ2n) is 5.39. The summed E-state index contributed by atoms with van der Waals surface area (Å²) in [4.78, 5) is 12.4. The van der Waals surface area contributed by atoms with E-state index in [9.17, 15) is 4.79 Å². The van der Waals surface area contributed by atoms with Gasteiger partial charge in [-0.3, -0.25) is 9.89 Å². The number of nitrogens with zero attached hydrogens (tertiary/aromatic N) is 1. The molecule has 0 saturated carbocycles. The number of carbonyl (C=O) groups excluding carboxylic acids is 1. The number of anilines is 1. The number of hydrogen-bond acceptors (Lipinski definition) is 2. The van der Waals surface area contributed by atoms with Crippen LogP contribution in [0.2, 0.25) is 5.02 Å². The van der Waals surface area contributed by atoms with Crippen molar-refractivity contribution < 1.29 is 4.79 Å². The maximum absolute atomic E-state index is 12.4. The third kappa shape index (κ3) is 3.27. The summed E-state index contributed by atoms with van der Waals surface area (Å²) in [5, 5.41) is 10.6. The molecule has 3 aromatic rings. The molecule has 5 heteroatoms. The van der Waals surface area contributed by atoms with E-state index < -0.39 is 0 Å². The normalized spacial score (nSPS) is 10.6. The summed E-state index contributed by atoms with van der Waals surface area (Å²) < 4.78 is 0. The van der Waals surface area contributed by atoms with E-state index in [0.717, 1.165) is 22.4 Å². The maximum atomic E-state index is 12.4. The highest BCUT2D eigenvalue weighted by atomic mass is 35.5. The SMILES string of the molecule is Cc1cccc(C)c1NC(=O)c1cc(-c2ccc(Cl)cc2)n[nH]1. The van der Waals surface area contributed by atoms with Crippen molar-refractivity contribution in [1.29, 1.82) is 0 Å². The molecule has 1 amide bonds. The van der Waals surface area contributed by atoms with Gasteiger partial charge in [-0.2, -0.15) is 5.10 Å². The van der Waals surface area contributed by atoms with Crippen molar-refractivity contribution in [2.75, 3.05) is 5.32 Å². The molecule has 0 unspecified atom stereocenters. The van der Waals surface area contributed by atoms with Crippen LogP contribution in [0, 0.1) is 13.8 Å². The van der Waals surface area contributed by atoms with Crippen molar-refractivity contribution in [3.05, 3.63) is 70.4 Å². The molecule has 2 aromatic carbocycles. The van der Waals surface area contributed by atoms with Gasteiger partial charge in [-0.15, -0.1) is 0 Å². The van der Waals surface area contributed by atoms with Crippen LogP contribution < -0.4 is 5.32 Å². The van der Waals surface area contributed by atoms with E-state index in [4.69, 9.17) is 11.6 Å². The molecule has 0 atom stereocenters. The molecule has 1 aromatic heterocycles. The van der Waals surface area contributed by atoms with Gasteiger partial charge in [0.2, 0.25) is 0 Å². The summed E-state index contributed by atoms with van der Waals surface area (Å²) in [5.74, 6) is -0.213. The zero-order valence-electron chi connectivity index (χ0n) is 12.9. The van der Waals surface area contributed by atoms with Gasteiger partial charge in [0.15, 0.2) is 0 Å². The summed E-state index contributed by atoms with van der Waals surface area (Å²) in [7, 11) is 0. The number of halogens is 1. The first-order chi connectivity index (χ1) is 11.0. The first-order valence-electron chi connectivity index (χ1n) is 7.23. The number of amides is 1. The Labute approximate surface area is 139 Å². The number of nitrogens with one attached hydrogen (secondary N) is 2. The summed E-state index contributed by atoms with van der Waals surface area (Å²) in [6, 6.07) is 15.0. The van der Waals surface area contributed by atoms with Gasteiger partial charge in [0, 0.05) is 16.3 Å². The summed E-state index contributed by atoms with van der Waals surface area (Å²) in [5.41, 5.74) is 4.90. The van der Waals surface area contributed by atoms with Gasteiger partial charge in [-0.25, -0.2) is 0 Å². The van der Waals surface area contributed by atoms with Crippen LogP contribution in [0.15, 0.2) is 48.5 Å². The minimum absolute atomic E-state index is 0.213. The zero-order chi connectivity index (χ0) is 16.4. The molecule has 0 aliphatic carbocycles. The van der Waals surface area contributed by atoms with Crippen LogP contribution in [0.25, 0.3) is 11.3 Å². The number of aryl methyl sites for hydroxylation is 2. The Morgan fingerprint density at radius 3 is 2.39 bits per heavy atom. The molecule has 0 saturated heterocycles. The molecule has 0 aliphatic rings. The summed E-state index contributed by atoms with van der Waals surface area (Å²) in [6.45, 7) is 3.93. The average Bonchev–Trinajstić information content (AvgIpc) is 3.02. The van der Waals surface area contributed by atoms with Gasteiger partial charge in [0.25, 0.3) is 5.91 Å². The number of rotatable bonds is 3. The van der Waals surface area contributed by atoms with Crippen LogP contribution in [-0.2, 0) is 0 Å². The lowest BCUT2D eigenvalue weighted by Gasteiger charge is -2.10. The Bertz CT molecular complexity index is 833. The van der Waals surface area contributed by atoms with Crippen LogP contribution in [-0.4, -0.2) is 16.1 Å². The maximum Gasteiger partial charge on any atom is 0.273 e. The van der Waals surface area contributed by atoms with Crippen molar-refractivity contribution in [2.24, 2.45) is 0 Å². The average molecular weight is 326 g/mol. The molecule has 0 spiro atoms. The van der Waals surface area contributed by atoms with Gasteiger partial charge in [-0.05, 0) is 43.2 Å². The molecule has 116 valence electrons. The molecule has 0 bridgehead atoms. The molecule has 3 rings (SSSR count). The Hall–Kier alpha value is -2.59. The van der Waals surface area contributed by atoms with Crippen molar-refractivity contribution in [3.63, 3.8) is 0 Å². The minimum Gasteiger partial charge on any atom is -0.320 e. The Kier molecular flexibility index (Phi) is 4.17. The molecule has 0 aliphatic heterocycles. The number of H-pyrrole nitrogens is 1. The van der Waals surface area contributed by atoms with E-state index in [1.807, 2.05) is 44.2 Å². The van der Waals surface area contributed by atoms with E-state index >= 15 is 0 Å². The van der Waals surface area contributed by atoms with E-state index in [0.29, 0.717) is 16.4 Å². The van der Waals surface area contributed by atoms with Crippen LogP contribution in [0.5, 0.6) is 0 Å². The first kappa shape index (κ1) is 15.3. The summed E-state index contributed by atoms with van der Waals surface area (Å²) in [6.07, 6.45) is 0. The third-order valence-corrected chi connectivity index (χ3v) is 3.93. The second-order valence-corrected chi connectivity index (χ2v) is 5.83. The second kappa shape index (κ2) is 6.26. The molecule has 2 N–H and O–H groups in total. The Morgan fingerprint density at radius 2 is 1.74 bits per heavy atom. The largest absolute Gasteiger partial charge is 0.320 e. The number of aromatic nitrogens is 2. The lowest BCUT2D eigenvalue weighted by atomic mass is 10.1. The van der Waals surface area contributed by atoms with Crippen molar-refractivity contribution >= 4 is 23.2 Å². The Morgan fingerprint density at radius 1 is 1.09 bits per heavy atom. The van der Waals surface area contributed by atoms with Gasteiger partial charge >= 0.3 is 0 Å². The monoisotopic (exact) mass is 325 g/mol. The molecule has 1 heterocycles. The highest BCUT2D eigenvalue weighted by Gasteiger charge is 2.13. The molecular formula is C18H16ClN3O. The highest BCUT2D eigenvalue weighted by Crippen LogP contribution is 2.22. The van der Waals surface area contributed by atoms with Crippen molar-refractivity contribution in [2.45, 2.75) is 13.8 Å². The van der Waals surface area contributed by atoms with Crippen LogP contribution >= 0.6 is 11.6 Å². The molecular weight excluding hydrogens is 310 g/mol. The topological polar surface area (TPSA) is 57.8 Å². The molecule has 4 nitrogen and oxygen atoms in total. The number of benzene rings is 2. The van der Waals surface area contributed by atoms with Crippen LogP contribution in [0.1, 0.15) is 21.6 Å². The standard InChI is InChI=1S/C18H16ClN3O/c1-11-4-3-5-12(2)17(11)20-18(23)16-10-15(21-22-16)13-6-8-14(19)9-7-13/h3-10H,1-2H3,(H,20,23)(H,21,22). The lowest BCUT2D eigenvalue weighted by Crippen LogP contribution is -2.14. The van der Waals surface area contributed by atoms with Gasteiger partial charge in [0.1, 0.15) is 5.69 Å². The third-order valence-electron chi connectivity index (χ3n) is 3.68. The number of para-hydroxylation sites is 1. The molecule has 23 heavy (non-hydrogen) atoms. The zero-order valence-corrected chi connectivity index (χ0v) is 13.6. The number of aromatic amines is 1. The number of hydrogen-bond donors (Lipinski definition) is 2.